The zero-order chi connectivity index (χ0) is 25.6. The molecule has 0 aliphatic carbocycles. The van der Waals surface area contributed by atoms with Crippen LogP contribution in [0.1, 0.15) is 0 Å². The van der Waals surface area contributed by atoms with E-state index in [2.05, 4.69) is 19.9 Å². The van der Waals surface area contributed by atoms with Crippen molar-refractivity contribution in [2.45, 2.75) is 10.1 Å². The Kier molecular flexibility index (Phi) is 7.15. The van der Waals surface area contributed by atoms with Crippen molar-refractivity contribution in [3.8, 4) is 45.0 Å². The van der Waals surface area contributed by atoms with Gasteiger partial charge in [-0.2, -0.15) is 0 Å². The second-order valence-electron chi connectivity index (χ2n) is 8.10. The highest BCUT2D eigenvalue weighted by Gasteiger charge is 2.20. The van der Waals surface area contributed by atoms with Crippen LogP contribution in [0.3, 0.4) is 0 Å². The van der Waals surface area contributed by atoms with Gasteiger partial charge in [0.1, 0.15) is 10.1 Å². The van der Waals surface area contributed by atoms with E-state index in [0.29, 0.717) is 0 Å². The number of hydrogen-bond donors (Lipinski definition) is 0. The molecule has 0 N–H and O–H groups in total. The van der Waals surface area contributed by atoms with Crippen molar-refractivity contribution < 1.29 is 0 Å². The van der Waals surface area contributed by atoms with E-state index >= 15 is 0 Å². The zero-order valence-electron chi connectivity index (χ0n) is 20.0. The van der Waals surface area contributed by atoms with Gasteiger partial charge < -0.3 is 0 Å². The van der Waals surface area contributed by atoms with E-state index in [-0.39, 0.29) is 0 Å². The van der Waals surface area contributed by atoms with Crippen molar-refractivity contribution in [1.82, 2.24) is 29.9 Å². The number of hydrogen-bond acceptors (Lipinski definition) is 8. The first kappa shape index (κ1) is 24.0. The van der Waals surface area contributed by atoms with Crippen molar-refractivity contribution in [1.29, 1.82) is 0 Å². The van der Waals surface area contributed by atoms with Crippen LogP contribution < -0.4 is 0 Å². The highest BCUT2D eigenvalue weighted by molar-refractivity contribution is 8.76. The molecule has 0 atom stereocenters. The number of nitrogens with zero attached hydrogens (tertiary/aromatic N) is 6. The minimum absolute atomic E-state index is 0.828. The van der Waals surface area contributed by atoms with Crippen LogP contribution >= 0.6 is 21.6 Å². The van der Waals surface area contributed by atoms with Gasteiger partial charge in [-0.1, -0.05) is 24.3 Å². The molecule has 0 aromatic carbocycles. The van der Waals surface area contributed by atoms with Crippen LogP contribution in [-0.4, -0.2) is 29.9 Å². The van der Waals surface area contributed by atoms with E-state index in [4.69, 9.17) is 9.97 Å². The Morgan fingerprint density at radius 3 is 1.05 bits per heavy atom. The average molecular weight is 529 g/mol. The number of aromatic nitrogens is 6. The molecular weight excluding hydrogens is 509 g/mol. The van der Waals surface area contributed by atoms with Crippen LogP contribution in [0.15, 0.2) is 132 Å². The molecule has 0 saturated carbocycles. The Hall–Kier alpha value is -4.40. The van der Waals surface area contributed by atoms with Crippen LogP contribution in [0, 0.1) is 0 Å². The van der Waals surface area contributed by atoms with Gasteiger partial charge in [-0.25, -0.2) is 9.97 Å². The topological polar surface area (TPSA) is 77.3 Å². The van der Waals surface area contributed by atoms with E-state index in [0.717, 1.165) is 55.1 Å². The van der Waals surface area contributed by atoms with Gasteiger partial charge in [-0.15, -0.1) is 0 Å². The van der Waals surface area contributed by atoms with Crippen LogP contribution in [0.25, 0.3) is 45.0 Å². The minimum Gasteiger partial charge on any atom is -0.256 e. The molecule has 0 amide bonds. The molecule has 6 heterocycles. The summed E-state index contributed by atoms with van der Waals surface area (Å²) in [6.45, 7) is 0. The maximum absolute atomic E-state index is 4.76. The SMILES string of the molecule is c1ccc(-c2ccnc(SSc3nccc(-c4ccccn4)c3-c3ccccn3)c2-c2ccccn2)nc1. The lowest BCUT2D eigenvalue weighted by atomic mass is 10.0. The average Bonchev–Trinajstić information content (AvgIpc) is 3.01. The second-order valence-corrected chi connectivity index (χ2v) is 10.2. The van der Waals surface area contributed by atoms with Gasteiger partial charge in [-0.05, 0) is 82.3 Å². The molecule has 6 nitrogen and oxygen atoms in total. The third-order valence-corrected chi connectivity index (χ3v) is 7.97. The standard InChI is InChI=1S/C30H20N6S2/c1-5-15-31-23(9-1)21-13-19-35-29(27(21)25-11-3-7-17-33-25)37-38-30-28(26-12-4-8-18-34-26)22(14-20-36-30)24-10-2-6-16-32-24/h1-20H. The Morgan fingerprint density at radius 2 is 0.711 bits per heavy atom. The second kappa shape index (κ2) is 11.3. The van der Waals surface area contributed by atoms with Crippen LogP contribution in [-0.2, 0) is 0 Å². The molecule has 0 radical (unpaired) electrons. The summed E-state index contributed by atoms with van der Waals surface area (Å²) in [6.07, 6.45) is 10.8. The summed E-state index contributed by atoms with van der Waals surface area (Å²) in [4.78, 5) is 28.0. The molecule has 0 unspecified atom stereocenters. The third kappa shape index (κ3) is 5.04. The molecule has 6 aromatic rings. The molecular formula is C30H20N6S2. The van der Waals surface area contributed by atoms with E-state index in [1.54, 1.807) is 46.4 Å². The molecule has 182 valence electrons. The summed E-state index contributed by atoms with van der Waals surface area (Å²) in [5, 5.41) is 1.66. The lowest BCUT2D eigenvalue weighted by molar-refractivity contribution is 1.12. The van der Waals surface area contributed by atoms with Gasteiger partial charge in [0.2, 0.25) is 0 Å². The molecule has 38 heavy (non-hydrogen) atoms. The molecule has 0 aliphatic rings. The Balaban J connectivity index is 1.45. The van der Waals surface area contributed by atoms with Crippen LogP contribution in [0.4, 0.5) is 0 Å². The maximum atomic E-state index is 4.76. The summed E-state index contributed by atoms with van der Waals surface area (Å²) in [5.74, 6) is 0. The fourth-order valence-electron chi connectivity index (χ4n) is 4.08. The summed E-state index contributed by atoms with van der Waals surface area (Å²) >= 11 is 0. The number of pyridine rings is 6. The van der Waals surface area contributed by atoms with Crippen molar-refractivity contribution in [2.75, 3.05) is 0 Å². The van der Waals surface area contributed by atoms with E-state index in [1.165, 1.54) is 0 Å². The quantitative estimate of drug-likeness (QED) is 0.197. The summed E-state index contributed by atoms with van der Waals surface area (Å²) in [7, 11) is 3.09. The Bertz CT molecular complexity index is 1520. The fourth-order valence-corrected chi connectivity index (χ4v) is 6.27. The molecule has 8 heteroatoms. The Labute approximate surface area is 228 Å². The van der Waals surface area contributed by atoms with Crippen molar-refractivity contribution in [2.24, 2.45) is 0 Å². The maximum Gasteiger partial charge on any atom is 0.117 e. The molecule has 0 spiro atoms. The third-order valence-electron chi connectivity index (χ3n) is 5.76. The first-order valence-corrected chi connectivity index (χ1v) is 14.0. The molecule has 6 aromatic heterocycles. The van der Waals surface area contributed by atoms with Gasteiger partial charge in [0.05, 0.1) is 22.8 Å². The van der Waals surface area contributed by atoms with Crippen molar-refractivity contribution in [3.05, 3.63) is 122 Å². The van der Waals surface area contributed by atoms with Crippen molar-refractivity contribution >= 4 is 21.6 Å². The minimum atomic E-state index is 0.828. The Morgan fingerprint density at radius 1 is 0.342 bits per heavy atom. The van der Waals surface area contributed by atoms with Gasteiger partial charge in [0.15, 0.2) is 0 Å². The van der Waals surface area contributed by atoms with Crippen LogP contribution in [0.2, 0.25) is 0 Å². The lowest BCUT2D eigenvalue weighted by Crippen LogP contribution is -1.95. The molecule has 0 fully saturated rings. The van der Waals surface area contributed by atoms with Crippen molar-refractivity contribution in [3.63, 3.8) is 0 Å². The summed E-state index contributed by atoms with van der Waals surface area (Å²) in [6, 6.07) is 27.5. The van der Waals surface area contributed by atoms with Gasteiger partial charge in [0, 0.05) is 59.4 Å². The number of rotatable bonds is 7. The van der Waals surface area contributed by atoms with Gasteiger partial charge in [0.25, 0.3) is 0 Å². The smallest absolute Gasteiger partial charge is 0.117 e. The highest BCUT2D eigenvalue weighted by Crippen LogP contribution is 2.47. The van der Waals surface area contributed by atoms with Gasteiger partial charge in [-0.3, -0.25) is 19.9 Å². The normalized spacial score (nSPS) is 10.8. The molecule has 6 rings (SSSR count). The molecule has 0 bridgehead atoms. The predicted octanol–water partition coefficient (Wildman–Crippen LogP) is 7.52. The van der Waals surface area contributed by atoms with E-state index in [9.17, 15) is 0 Å². The highest BCUT2D eigenvalue weighted by atomic mass is 33.1. The first-order valence-electron chi connectivity index (χ1n) is 11.9. The van der Waals surface area contributed by atoms with Gasteiger partial charge >= 0.3 is 0 Å². The summed E-state index contributed by atoms with van der Waals surface area (Å²) < 4.78 is 0. The monoisotopic (exact) mass is 528 g/mol. The van der Waals surface area contributed by atoms with Crippen LogP contribution in [0.5, 0.6) is 0 Å². The summed E-state index contributed by atoms with van der Waals surface area (Å²) in [5.41, 5.74) is 7.23. The largest absolute Gasteiger partial charge is 0.256 e. The fraction of sp³-hybridized carbons (Fsp3) is 0. The molecule has 0 saturated heterocycles. The zero-order valence-corrected chi connectivity index (χ0v) is 21.7. The first-order chi connectivity index (χ1) is 18.9. The molecule has 0 aliphatic heterocycles. The van der Waals surface area contributed by atoms with E-state index in [1.807, 2.05) is 97.3 Å². The predicted molar refractivity (Wildman–Crippen MR) is 153 cm³/mol. The van der Waals surface area contributed by atoms with E-state index < -0.39 is 0 Å². The lowest BCUT2D eigenvalue weighted by Gasteiger charge is -2.15.